The van der Waals surface area contributed by atoms with E-state index in [9.17, 15) is 9.59 Å². The molecule has 2 heterocycles. The number of thioether (sulfide) groups is 1. The van der Waals surface area contributed by atoms with E-state index in [1.54, 1.807) is 48.7 Å². The number of hydrogen-bond acceptors (Lipinski definition) is 5. The van der Waals surface area contributed by atoms with Gasteiger partial charge in [0.2, 0.25) is 5.91 Å². The third-order valence-electron chi connectivity index (χ3n) is 3.62. The van der Waals surface area contributed by atoms with Crippen molar-refractivity contribution in [2.24, 2.45) is 0 Å². The van der Waals surface area contributed by atoms with E-state index in [-0.39, 0.29) is 18.2 Å². The molecule has 8 heteroatoms. The van der Waals surface area contributed by atoms with Crippen LogP contribution in [0.3, 0.4) is 0 Å². The summed E-state index contributed by atoms with van der Waals surface area (Å²) >= 11 is 12.5. The molecule has 134 valence electrons. The SMILES string of the molecule is O=C(CCCN1C(=O)C(=Cc2ccco2)SC1=S)Nc1ccccc1Cl. The van der Waals surface area contributed by atoms with Gasteiger partial charge in [0.25, 0.3) is 5.91 Å². The lowest BCUT2D eigenvalue weighted by atomic mass is 10.2. The molecular weight excluding hydrogens is 392 g/mol. The smallest absolute Gasteiger partial charge is 0.266 e. The molecule has 2 aromatic rings. The number of carbonyl (C=O) groups is 2. The molecule has 1 aliphatic heterocycles. The lowest BCUT2D eigenvalue weighted by Crippen LogP contribution is -2.29. The zero-order valence-corrected chi connectivity index (χ0v) is 16.0. The van der Waals surface area contributed by atoms with Crippen molar-refractivity contribution in [2.75, 3.05) is 11.9 Å². The van der Waals surface area contributed by atoms with Gasteiger partial charge in [0, 0.05) is 19.0 Å². The number of rotatable bonds is 6. The molecule has 1 aromatic carbocycles. The van der Waals surface area contributed by atoms with Crippen molar-refractivity contribution >= 4 is 63.5 Å². The molecule has 1 aliphatic rings. The van der Waals surface area contributed by atoms with Crippen LogP contribution in [-0.2, 0) is 9.59 Å². The number of halogens is 1. The number of para-hydroxylation sites is 1. The first kappa shape index (κ1) is 18.7. The fraction of sp³-hybridized carbons (Fsp3) is 0.167. The van der Waals surface area contributed by atoms with E-state index < -0.39 is 0 Å². The molecule has 5 nitrogen and oxygen atoms in total. The van der Waals surface area contributed by atoms with Crippen LogP contribution in [0.1, 0.15) is 18.6 Å². The number of carbonyl (C=O) groups excluding carboxylic acids is 2. The minimum absolute atomic E-state index is 0.158. The summed E-state index contributed by atoms with van der Waals surface area (Å²) in [6, 6.07) is 10.6. The van der Waals surface area contributed by atoms with Gasteiger partial charge in [0.1, 0.15) is 10.1 Å². The molecule has 0 atom stereocenters. The average Bonchev–Trinajstić information content (AvgIpc) is 3.21. The Morgan fingerprint density at radius 2 is 2.12 bits per heavy atom. The zero-order valence-electron chi connectivity index (χ0n) is 13.6. The summed E-state index contributed by atoms with van der Waals surface area (Å²) < 4.78 is 5.71. The highest BCUT2D eigenvalue weighted by Gasteiger charge is 2.31. The Hall–Kier alpha value is -2.09. The molecular formula is C18H15ClN2O3S2. The summed E-state index contributed by atoms with van der Waals surface area (Å²) in [7, 11) is 0. The lowest BCUT2D eigenvalue weighted by molar-refractivity contribution is -0.122. The highest BCUT2D eigenvalue weighted by Crippen LogP contribution is 2.32. The molecule has 0 radical (unpaired) electrons. The van der Waals surface area contributed by atoms with Crippen molar-refractivity contribution in [3.63, 3.8) is 0 Å². The van der Waals surface area contributed by atoms with Crippen molar-refractivity contribution in [3.05, 3.63) is 58.3 Å². The number of hydrogen-bond donors (Lipinski definition) is 1. The largest absolute Gasteiger partial charge is 0.465 e. The van der Waals surface area contributed by atoms with Gasteiger partial charge in [-0.05, 0) is 30.7 Å². The van der Waals surface area contributed by atoms with Crippen LogP contribution in [0, 0.1) is 0 Å². The number of nitrogens with zero attached hydrogens (tertiary/aromatic N) is 1. The van der Waals surface area contributed by atoms with Crippen molar-refractivity contribution in [2.45, 2.75) is 12.8 Å². The maximum absolute atomic E-state index is 12.4. The molecule has 1 aromatic heterocycles. The normalized spacial score (nSPS) is 15.7. The topological polar surface area (TPSA) is 62.6 Å². The molecule has 1 N–H and O–H groups in total. The van der Waals surface area contributed by atoms with Crippen LogP contribution in [-0.4, -0.2) is 27.6 Å². The van der Waals surface area contributed by atoms with E-state index in [1.165, 1.54) is 16.7 Å². The Kier molecular flexibility index (Phi) is 6.13. The van der Waals surface area contributed by atoms with E-state index in [0.717, 1.165) is 0 Å². The van der Waals surface area contributed by atoms with Crippen molar-refractivity contribution < 1.29 is 14.0 Å². The second-order valence-electron chi connectivity index (χ2n) is 5.48. The molecule has 0 aliphatic carbocycles. The number of benzene rings is 1. The standard InChI is InChI=1S/C18H15ClN2O3S2/c19-13-6-1-2-7-14(13)20-16(22)8-3-9-21-17(23)15(26-18(21)25)11-12-5-4-10-24-12/h1-2,4-7,10-11H,3,8-9H2,(H,20,22). The number of furan rings is 1. The van der Waals surface area contributed by atoms with Crippen LogP contribution in [0.15, 0.2) is 52.0 Å². The van der Waals surface area contributed by atoms with E-state index in [4.69, 9.17) is 28.2 Å². The first-order valence-corrected chi connectivity index (χ1v) is 9.48. The quantitative estimate of drug-likeness (QED) is 0.563. The molecule has 26 heavy (non-hydrogen) atoms. The van der Waals surface area contributed by atoms with Gasteiger partial charge < -0.3 is 9.73 Å². The van der Waals surface area contributed by atoms with Gasteiger partial charge in [0.05, 0.1) is 21.9 Å². The van der Waals surface area contributed by atoms with Gasteiger partial charge in [-0.25, -0.2) is 0 Å². The van der Waals surface area contributed by atoms with Crippen molar-refractivity contribution in [1.29, 1.82) is 0 Å². The van der Waals surface area contributed by atoms with E-state index in [1.807, 2.05) is 0 Å². The van der Waals surface area contributed by atoms with Gasteiger partial charge in [-0.1, -0.05) is 47.7 Å². The molecule has 0 spiro atoms. The minimum Gasteiger partial charge on any atom is -0.465 e. The molecule has 1 saturated heterocycles. The predicted octanol–water partition coefficient (Wildman–Crippen LogP) is 4.55. The number of nitrogens with one attached hydrogen (secondary N) is 1. The van der Waals surface area contributed by atoms with E-state index in [2.05, 4.69) is 5.32 Å². The Balaban J connectivity index is 1.52. The first-order chi connectivity index (χ1) is 12.5. The van der Waals surface area contributed by atoms with Gasteiger partial charge >= 0.3 is 0 Å². The summed E-state index contributed by atoms with van der Waals surface area (Å²) in [5.41, 5.74) is 0.575. The maximum atomic E-state index is 12.4. The lowest BCUT2D eigenvalue weighted by Gasteiger charge is -2.14. The Labute approximate surface area is 165 Å². The molecule has 0 bridgehead atoms. The minimum atomic E-state index is -0.164. The monoisotopic (exact) mass is 406 g/mol. The van der Waals surface area contributed by atoms with Crippen LogP contribution in [0.5, 0.6) is 0 Å². The summed E-state index contributed by atoms with van der Waals surface area (Å²) in [6.07, 6.45) is 3.98. The highest BCUT2D eigenvalue weighted by atomic mass is 35.5. The van der Waals surface area contributed by atoms with Crippen LogP contribution < -0.4 is 5.32 Å². The Morgan fingerprint density at radius 1 is 1.31 bits per heavy atom. The molecule has 0 saturated carbocycles. The molecule has 2 amide bonds. The highest BCUT2D eigenvalue weighted by molar-refractivity contribution is 8.26. The summed E-state index contributed by atoms with van der Waals surface area (Å²) in [5.74, 6) is 0.280. The second-order valence-corrected chi connectivity index (χ2v) is 7.56. The Morgan fingerprint density at radius 3 is 2.85 bits per heavy atom. The average molecular weight is 407 g/mol. The van der Waals surface area contributed by atoms with Crippen LogP contribution in [0.25, 0.3) is 6.08 Å². The van der Waals surface area contributed by atoms with Gasteiger partial charge in [-0.15, -0.1) is 0 Å². The summed E-state index contributed by atoms with van der Waals surface area (Å²) in [6.45, 7) is 0.385. The van der Waals surface area contributed by atoms with Crippen molar-refractivity contribution in [3.8, 4) is 0 Å². The molecule has 1 fully saturated rings. The van der Waals surface area contributed by atoms with Gasteiger partial charge in [0.15, 0.2) is 0 Å². The Bertz CT molecular complexity index is 865. The van der Waals surface area contributed by atoms with Gasteiger partial charge in [-0.2, -0.15) is 0 Å². The molecule has 3 rings (SSSR count). The summed E-state index contributed by atoms with van der Waals surface area (Å²) in [5, 5.41) is 3.25. The number of anilines is 1. The van der Waals surface area contributed by atoms with Crippen molar-refractivity contribution in [1.82, 2.24) is 4.90 Å². The van der Waals surface area contributed by atoms with E-state index in [0.29, 0.717) is 38.7 Å². The second kappa shape index (κ2) is 8.53. The van der Waals surface area contributed by atoms with Crippen LogP contribution in [0.2, 0.25) is 5.02 Å². The fourth-order valence-corrected chi connectivity index (χ4v) is 3.84. The van der Waals surface area contributed by atoms with Crippen LogP contribution >= 0.6 is 35.6 Å². The fourth-order valence-electron chi connectivity index (χ4n) is 2.37. The summed E-state index contributed by atoms with van der Waals surface area (Å²) in [4.78, 5) is 26.5. The molecule has 0 unspecified atom stereocenters. The number of thiocarbonyl (C=S) groups is 1. The van der Waals surface area contributed by atoms with Crippen LogP contribution in [0.4, 0.5) is 5.69 Å². The van der Waals surface area contributed by atoms with Gasteiger partial charge in [-0.3, -0.25) is 14.5 Å². The maximum Gasteiger partial charge on any atom is 0.266 e. The third-order valence-corrected chi connectivity index (χ3v) is 5.33. The number of amides is 2. The first-order valence-electron chi connectivity index (χ1n) is 7.88. The predicted molar refractivity (Wildman–Crippen MR) is 108 cm³/mol. The zero-order chi connectivity index (χ0) is 18.5. The van der Waals surface area contributed by atoms with E-state index >= 15 is 0 Å². The third kappa shape index (κ3) is 4.55.